The number of carbonyl (C=O) groups is 1. The van der Waals surface area contributed by atoms with Crippen molar-refractivity contribution in [2.75, 3.05) is 45.2 Å². The van der Waals surface area contributed by atoms with E-state index in [1.807, 2.05) is 0 Å². The minimum absolute atomic E-state index is 0.0634. The molecule has 2 amide bonds. The number of hydrogen-bond acceptors (Lipinski definition) is 4. The van der Waals surface area contributed by atoms with E-state index in [-0.39, 0.29) is 17.0 Å². The summed E-state index contributed by atoms with van der Waals surface area (Å²) in [5.74, 6) is 0.821. The summed E-state index contributed by atoms with van der Waals surface area (Å²) in [6.45, 7) is 3.83. The van der Waals surface area contributed by atoms with E-state index in [9.17, 15) is 13.2 Å². The second kappa shape index (κ2) is 9.46. The van der Waals surface area contributed by atoms with Crippen LogP contribution in [0.1, 0.15) is 50.5 Å². The SMILES string of the molecule is CN(C)S(=O)(=O)c1ccc2c(c1)CCN2C(=O)NC1CCCN(CC2CCCCC2)C1. The Morgan fingerprint density at radius 2 is 1.87 bits per heavy atom. The number of amides is 2. The van der Waals surface area contributed by atoms with Crippen molar-refractivity contribution in [1.82, 2.24) is 14.5 Å². The lowest BCUT2D eigenvalue weighted by atomic mass is 9.88. The van der Waals surface area contributed by atoms with Gasteiger partial charge in [-0.15, -0.1) is 0 Å². The highest BCUT2D eigenvalue weighted by Crippen LogP contribution is 2.31. The number of piperidine rings is 1. The van der Waals surface area contributed by atoms with Gasteiger partial charge in [-0.25, -0.2) is 17.5 Å². The Bertz CT molecular complexity index is 896. The minimum Gasteiger partial charge on any atom is -0.334 e. The molecule has 2 aliphatic heterocycles. The molecule has 4 rings (SSSR count). The van der Waals surface area contributed by atoms with Crippen LogP contribution in [0.2, 0.25) is 0 Å². The third-order valence-corrected chi connectivity index (χ3v) is 8.86. The van der Waals surface area contributed by atoms with E-state index in [0.717, 1.165) is 43.1 Å². The van der Waals surface area contributed by atoms with Crippen molar-refractivity contribution in [2.24, 2.45) is 5.92 Å². The highest BCUT2D eigenvalue weighted by molar-refractivity contribution is 7.89. The van der Waals surface area contributed by atoms with Crippen molar-refractivity contribution in [2.45, 2.75) is 62.3 Å². The van der Waals surface area contributed by atoms with Crippen LogP contribution in [0.25, 0.3) is 0 Å². The Labute approximate surface area is 186 Å². The van der Waals surface area contributed by atoms with Crippen molar-refractivity contribution in [3.63, 3.8) is 0 Å². The van der Waals surface area contributed by atoms with E-state index < -0.39 is 10.0 Å². The van der Waals surface area contributed by atoms with Crippen LogP contribution >= 0.6 is 0 Å². The molecule has 3 aliphatic rings. The predicted molar refractivity (Wildman–Crippen MR) is 123 cm³/mol. The van der Waals surface area contributed by atoms with E-state index in [1.165, 1.54) is 57.0 Å². The fourth-order valence-electron chi connectivity index (χ4n) is 5.29. The molecular weight excluding hydrogens is 412 g/mol. The predicted octanol–water partition coefficient (Wildman–Crippen LogP) is 3.05. The van der Waals surface area contributed by atoms with Gasteiger partial charge in [0.2, 0.25) is 10.0 Å². The number of nitrogens with zero attached hydrogens (tertiary/aromatic N) is 3. The summed E-state index contributed by atoms with van der Waals surface area (Å²) < 4.78 is 26.0. The number of nitrogens with one attached hydrogen (secondary N) is 1. The van der Waals surface area contributed by atoms with Gasteiger partial charge in [0.25, 0.3) is 0 Å². The summed E-state index contributed by atoms with van der Waals surface area (Å²) >= 11 is 0. The lowest BCUT2D eigenvalue weighted by Crippen LogP contribution is -2.52. The van der Waals surface area contributed by atoms with Crippen molar-refractivity contribution in [1.29, 1.82) is 0 Å². The molecule has 0 spiro atoms. The molecule has 1 aromatic carbocycles. The van der Waals surface area contributed by atoms with E-state index >= 15 is 0 Å². The fraction of sp³-hybridized carbons (Fsp3) is 0.696. The lowest BCUT2D eigenvalue weighted by Gasteiger charge is -2.36. The quantitative estimate of drug-likeness (QED) is 0.751. The molecule has 1 unspecified atom stereocenters. The van der Waals surface area contributed by atoms with Crippen molar-refractivity contribution in [3.05, 3.63) is 23.8 Å². The van der Waals surface area contributed by atoms with Gasteiger partial charge in [-0.2, -0.15) is 0 Å². The largest absolute Gasteiger partial charge is 0.334 e. The summed E-state index contributed by atoms with van der Waals surface area (Å²) in [5, 5.41) is 3.25. The third kappa shape index (κ3) is 5.07. The first-order valence-electron chi connectivity index (χ1n) is 11.7. The number of likely N-dealkylation sites (tertiary alicyclic amines) is 1. The van der Waals surface area contributed by atoms with Crippen LogP contribution in [0.3, 0.4) is 0 Å². The topological polar surface area (TPSA) is 73.0 Å². The van der Waals surface area contributed by atoms with E-state index in [0.29, 0.717) is 13.0 Å². The average molecular weight is 449 g/mol. The van der Waals surface area contributed by atoms with E-state index in [2.05, 4.69) is 10.2 Å². The van der Waals surface area contributed by atoms with Crippen LogP contribution < -0.4 is 10.2 Å². The molecule has 0 bridgehead atoms. The lowest BCUT2D eigenvalue weighted by molar-refractivity contribution is 0.151. The van der Waals surface area contributed by atoms with Crippen LogP contribution in [0.4, 0.5) is 10.5 Å². The van der Waals surface area contributed by atoms with Gasteiger partial charge in [0.15, 0.2) is 0 Å². The minimum atomic E-state index is -3.47. The number of rotatable bonds is 5. The molecule has 1 aromatic rings. The zero-order valence-corrected chi connectivity index (χ0v) is 19.7. The number of anilines is 1. The van der Waals surface area contributed by atoms with Gasteiger partial charge in [0.1, 0.15) is 0 Å². The molecule has 1 saturated carbocycles. The zero-order chi connectivity index (χ0) is 22.0. The molecule has 1 N–H and O–H groups in total. The first-order valence-corrected chi connectivity index (χ1v) is 13.1. The maximum Gasteiger partial charge on any atom is 0.322 e. The molecule has 172 valence electrons. The van der Waals surface area contributed by atoms with Crippen molar-refractivity contribution in [3.8, 4) is 0 Å². The van der Waals surface area contributed by atoms with Crippen LogP contribution in [0.15, 0.2) is 23.1 Å². The summed E-state index contributed by atoms with van der Waals surface area (Å²) in [7, 11) is -0.405. The Morgan fingerprint density at radius 3 is 2.61 bits per heavy atom. The first kappa shape index (κ1) is 22.6. The second-order valence-electron chi connectivity index (χ2n) is 9.53. The number of sulfonamides is 1. The Balaban J connectivity index is 1.36. The molecular formula is C23H36N4O3S. The summed E-state index contributed by atoms with van der Waals surface area (Å²) in [6, 6.07) is 5.21. The van der Waals surface area contributed by atoms with E-state index in [1.54, 1.807) is 23.1 Å². The van der Waals surface area contributed by atoms with Gasteiger partial charge in [0.05, 0.1) is 4.90 Å². The molecule has 7 nitrogen and oxygen atoms in total. The van der Waals surface area contributed by atoms with Crippen LogP contribution in [0.5, 0.6) is 0 Å². The molecule has 0 aromatic heterocycles. The fourth-order valence-corrected chi connectivity index (χ4v) is 6.24. The van der Waals surface area contributed by atoms with Crippen LogP contribution in [-0.2, 0) is 16.4 Å². The Hall–Kier alpha value is -1.64. The molecule has 2 heterocycles. The van der Waals surface area contributed by atoms with E-state index in [4.69, 9.17) is 0 Å². The average Bonchev–Trinajstić information content (AvgIpc) is 3.18. The van der Waals surface area contributed by atoms with Gasteiger partial charge in [-0.1, -0.05) is 19.3 Å². The van der Waals surface area contributed by atoms with Gasteiger partial charge in [-0.05, 0) is 68.3 Å². The van der Waals surface area contributed by atoms with Crippen molar-refractivity contribution >= 4 is 21.7 Å². The summed E-state index contributed by atoms with van der Waals surface area (Å²) in [4.78, 5) is 17.6. The number of benzene rings is 1. The molecule has 31 heavy (non-hydrogen) atoms. The number of fused-ring (bicyclic) bond motifs is 1. The molecule has 0 radical (unpaired) electrons. The normalized spacial score (nSPS) is 23.2. The first-order chi connectivity index (χ1) is 14.8. The number of urea groups is 1. The smallest absolute Gasteiger partial charge is 0.322 e. The molecule has 1 saturated heterocycles. The van der Waals surface area contributed by atoms with Crippen LogP contribution in [0, 0.1) is 5.92 Å². The Morgan fingerprint density at radius 1 is 1.10 bits per heavy atom. The maximum atomic E-state index is 13.0. The number of carbonyl (C=O) groups excluding carboxylic acids is 1. The Kier molecular flexibility index (Phi) is 6.89. The van der Waals surface area contributed by atoms with Gasteiger partial charge < -0.3 is 10.2 Å². The number of hydrogen-bond donors (Lipinski definition) is 1. The zero-order valence-electron chi connectivity index (χ0n) is 18.8. The second-order valence-corrected chi connectivity index (χ2v) is 11.7. The summed E-state index contributed by atoms with van der Waals surface area (Å²) in [5.41, 5.74) is 1.74. The van der Waals surface area contributed by atoms with Gasteiger partial charge in [0, 0.05) is 45.5 Å². The van der Waals surface area contributed by atoms with Crippen molar-refractivity contribution < 1.29 is 13.2 Å². The van der Waals surface area contributed by atoms with Gasteiger partial charge in [-0.3, -0.25) is 4.90 Å². The molecule has 8 heteroatoms. The third-order valence-electron chi connectivity index (χ3n) is 7.04. The summed E-state index contributed by atoms with van der Waals surface area (Å²) in [6.07, 6.45) is 9.64. The molecule has 1 atom stereocenters. The standard InChI is InChI=1S/C23H36N4O3S/c1-25(2)31(29,30)21-10-11-22-19(15-21)12-14-27(22)23(28)24-20-9-6-13-26(17-20)16-18-7-4-3-5-8-18/h10-11,15,18,20H,3-9,12-14,16-17H2,1-2H3,(H,24,28). The monoisotopic (exact) mass is 448 g/mol. The highest BCUT2D eigenvalue weighted by Gasteiger charge is 2.30. The maximum absolute atomic E-state index is 13.0. The highest BCUT2D eigenvalue weighted by atomic mass is 32.2. The molecule has 2 fully saturated rings. The molecule has 1 aliphatic carbocycles. The van der Waals surface area contributed by atoms with Gasteiger partial charge >= 0.3 is 6.03 Å². The van der Waals surface area contributed by atoms with Crippen LogP contribution in [-0.4, -0.2) is 70.0 Å².